The maximum atomic E-state index is 4.25. The lowest BCUT2D eigenvalue weighted by Crippen LogP contribution is -2.27. The minimum Gasteiger partial charge on any atom is -0.312 e. The van der Waals surface area contributed by atoms with Crippen molar-refractivity contribution < 1.29 is 0 Å². The maximum absolute atomic E-state index is 4.25. The van der Waals surface area contributed by atoms with E-state index in [2.05, 4.69) is 22.2 Å². The molecule has 1 aliphatic heterocycles. The van der Waals surface area contributed by atoms with Crippen LogP contribution < -0.4 is 5.32 Å². The second kappa shape index (κ2) is 2.58. The van der Waals surface area contributed by atoms with Gasteiger partial charge in [0.25, 0.3) is 0 Å². The maximum Gasteiger partial charge on any atom is 0.115 e. The number of fused-ring (bicyclic) bond motifs is 1. The van der Waals surface area contributed by atoms with E-state index in [9.17, 15) is 0 Å². The molecule has 0 bridgehead atoms. The molecule has 2 rings (SSSR count). The highest BCUT2D eigenvalue weighted by atomic mass is 14.9. The number of hydrogen-bond acceptors (Lipinski definition) is 3. The first-order chi connectivity index (χ1) is 5.38. The van der Waals surface area contributed by atoms with Crippen molar-refractivity contribution >= 4 is 0 Å². The van der Waals surface area contributed by atoms with Crippen LogP contribution in [0.3, 0.4) is 0 Å². The summed E-state index contributed by atoms with van der Waals surface area (Å²) in [5, 5.41) is 3.31. The standard InChI is InChI=1S/C8H11N3/c1-6-2-9-3-7-4-10-5-11-8(6)7/h4-6,9H,2-3H2,1H3. The molecule has 0 saturated heterocycles. The normalized spacial score (nSPS) is 22.8. The summed E-state index contributed by atoms with van der Waals surface area (Å²) in [5.74, 6) is 0.529. The average Bonchev–Trinajstić information content (AvgIpc) is 2.06. The monoisotopic (exact) mass is 149 g/mol. The summed E-state index contributed by atoms with van der Waals surface area (Å²) in [6.07, 6.45) is 3.52. The van der Waals surface area contributed by atoms with Crippen molar-refractivity contribution in [1.82, 2.24) is 15.3 Å². The third kappa shape index (κ3) is 1.12. The minimum absolute atomic E-state index is 0.529. The molecule has 0 aromatic carbocycles. The molecule has 0 fully saturated rings. The van der Waals surface area contributed by atoms with E-state index in [1.807, 2.05) is 6.20 Å². The van der Waals surface area contributed by atoms with Gasteiger partial charge in [0, 0.05) is 30.8 Å². The summed E-state index contributed by atoms with van der Waals surface area (Å²) < 4.78 is 0. The SMILES string of the molecule is CC1CNCc2cncnc21. The van der Waals surface area contributed by atoms with Gasteiger partial charge in [-0.25, -0.2) is 9.97 Å². The van der Waals surface area contributed by atoms with Gasteiger partial charge in [-0.3, -0.25) is 0 Å². The fourth-order valence-corrected chi connectivity index (χ4v) is 1.47. The molecule has 0 spiro atoms. The van der Waals surface area contributed by atoms with Crippen LogP contribution in [0.2, 0.25) is 0 Å². The van der Waals surface area contributed by atoms with Gasteiger partial charge in [-0.1, -0.05) is 6.92 Å². The molecule has 1 aromatic heterocycles. The summed E-state index contributed by atoms with van der Waals surface area (Å²) in [7, 11) is 0. The van der Waals surface area contributed by atoms with Gasteiger partial charge in [0.1, 0.15) is 6.33 Å². The van der Waals surface area contributed by atoms with Crippen molar-refractivity contribution in [2.75, 3.05) is 6.54 Å². The van der Waals surface area contributed by atoms with E-state index in [4.69, 9.17) is 0 Å². The largest absolute Gasteiger partial charge is 0.312 e. The van der Waals surface area contributed by atoms with E-state index in [0.29, 0.717) is 5.92 Å². The zero-order chi connectivity index (χ0) is 7.68. The second-order valence-electron chi connectivity index (χ2n) is 2.97. The van der Waals surface area contributed by atoms with Crippen LogP contribution in [0.15, 0.2) is 12.5 Å². The molecule has 1 atom stereocenters. The van der Waals surface area contributed by atoms with Gasteiger partial charge >= 0.3 is 0 Å². The zero-order valence-electron chi connectivity index (χ0n) is 6.54. The lowest BCUT2D eigenvalue weighted by Gasteiger charge is -2.20. The number of aromatic nitrogens is 2. The highest BCUT2D eigenvalue weighted by molar-refractivity contribution is 5.22. The van der Waals surface area contributed by atoms with Crippen LogP contribution >= 0.6 is 0 Å². The average molecular weight is 149 g/mol. The predicted octanol–water partition coefficient (Wildman–Crippen LogP) is 0.683. The minimum atomic E-state index is 0.529. The zero-order valence-corrected chi connectivity index (χ0v) is 6.54. The Morgan fingerprint density at radius 1 is 1.64 bits per heavy atom. The van der Waals surface area contributed by atoms with Gasteiger partial charge in [0.15, 0.2) is 0 Å². The van der Waals surface area contributed by atoms with Gasteiger partial charge in [0.05, 0.1) is 5.69 Å². The van der Waals surface area contributed by atoms with Gasteiger partial charge < -0.3 is 5.32 Å². The molecule has 1 unspecified atom stereocenters. The third-order valence-corrected chi connectivity index (χ3v) is 2.06. The second-order valence-corrected chi connectivity index (χ2v) is 2.97. The van der Waals surface area contributed by atoms with E-state index >= 15 is 0 Å². The van der Waals surface area contributed by atoms with Gasteiger partial charge in [0.2, 0.25) is 0 Å². The molecular weight excluding hydrogens is 138 g/mol. The van der Waals surface area contributed by atoms with Gasteiger partial charge in [-0.15, -0.1) is 0 Å². The Bertz CT molecular complexity index is 259. The van der Waals surface area contributed by atoms with Crippen LogP contribution in [-0.4, -0.2) is 16.5 Å². The van der Waals surface area contributed by atoms with Crippen LogP contribution in [-0.2, 0) is 6.54 Å². The molecule has 0 amide bonds. The molecule has 3 nitrogen and oxygen atoms in total. The van der Waals surface area contributed by atoms with E-state index < -0.39 is 0 Å². The van der Waals surface area contributed by atoms with E-state index in [-0.39, 0.29) is 0 Å². The first-order valence-electron chi connectivity index (χ1n) is 3.87. The van der Waals surface area contributed by atoms with E-state index in [1.165, 1.54) is 11.3 Å². The van der Waals surface area contributed by atoms with Crippen LogP contribution in [0.1, 0.15) is 24.1 Å². The lowest BCUT2D eigenvalue weighted by molar-refractivity contribution is 0.553. The Balaban J connectivity index is 2.44. The molecule has 1 N–H and O–H groups in total. The molecule has 0 aliphatic carbocycles. The van der Waals surface area contributed by atoms with E-state index in [0.717, 1.165) is 13.1 Å². The lowest BCUT2D eigenvalue weighted by atomic mass is 10.00. The first-order valence-corrected chi connectivity index (χ1v) is 3.87. The van der Waals surface area contributed by atoms with Crippen LogP contribution in [0.5, 0.6) is 0 Å². The Labute approximate surface area is 65.9 Å². The number of hydrogen-bond donors (Lipinski definition) is 1. The predicted molar refractivity (Wildman–Crippen MR) is 42.2 cm³/mol. The van der Waals surface area contributed by atoms with Crippen molar-refractivity contribution in [3.8, 4) is 0 Å². The molecular formula is C8H11N3. The summed E-state index contributed by atoms with van der Waals surface area (Å²) in [6, 6.07) is 0. The fraction of sp³-hybridized carbons (Fsp3) is 0.500. The Hall–Kier alpha value is -0.960. The summed E-state index contributed by atoms with van der Waals surface area (Å²) >= 11 is 0. The summed E-state index contributed by atoms with van der Waals surface area (Å²) in [6.45, 7) is 4.13. The fourth-order valence-electron chi connectivity index (χ4n) is 1.47. The van der Waals surface area contributed by atoms with Crippen LogP contribution in [0.25, 0.3) is 0 Å². The highest BCUT2D eigenvalue weighted by Gasteiger charge is 2.16. The first kappa shape index (κ1) is 6.73. The van der Waals surface area contributed by atoms with Crippen molar-refractivity contribution in [2.45, 2.75) is 19.4 Å². The Morgan fingerprint density at radius 3 is 3.36 bits per heavy atom. The third-order valence-electron chi connectivity index (χ3n) is 2.06. The Morgan fingerprint density at radius 2 is 2.55 bits per heavy atom. The molecule has 1 aromatic rings. The molecule has 2 heterocycles. The summed E-state index contributed by atoms with van der Waals surface area (Å²) in [5.41, 5.74) is 2.45. The van der Waals surface area contributed by atoms with Crippen molar-refractivity contribution in [2.24, 2.45) is 0 Å². The van der Waals surface area contributed by atoms with Gasteiger partial charge in [-0.2, -0.15) is 0 Å². The highest BCUT2D eigenvalue weighted by Crippen LogP contribution is 2.18. The summed E-state index contributed by atoms with van der Waals surface area (Å²) in [4.78, 5) is 8.23. The van der Waals surface area contributed by atoms with Crippen LogP contribution in [0, 0.1) is 0 Å². The van der Waals surface area contributed by atoms with Crippen molar-refractivity contribution in [3.63, 3.8) is 0 Å². The van der Waals surface area contributed by atoms with Crippen molar-refractivity contribution in [1.29, 1.82) is 0 Å². The van der Waals surface area contributed by atoms with E-state index in [1.54, 1.807) is 6.33 Å². The molecule has 58 valence electrons. The number of nitrogens with one attached hydrogen (secondary N) is 1. The molecule has 11 heavy (non-hydrogen) atoms. The topological polar surface area (TPSA) is 37.8 Å². The Kier molecular flexibility index (Phi) is 1.58. The van der Waals surface area contributed by atoms with Gasteiger partial charge in [-0.05, 0) is 0 Å². The smallest absolute Gasteiger partial charge is 0.115 e. The molecule has 0 radical (unpaired) electrons. The number of rotatable bonds is 0. The molecule has 0 saturated carbocycles. The molecule has 1 aliphatic rings. The van der Waals surface area contributed by atoms with Crippen molar-refractivity contribution in [3.05, 3.63) is 23.8 Å². The quantitative estimate of drug-likeness (QED) is 0.589. The number of nitrogens with zero attached hydrogens (tertiary/aromatic N) is 2. The molecule has 3 heteroatoms. The van der Waals surface area contributed by atoms with Crippen LogP contribution in [0.4, 0.5) is 0 Å².